The molecule has 0 radical (unpaired) electrons. The second-order valence-corrected chi connectivity index (χ2v) is 5.97. The van der Waals surface area contributed by atoms with E-state index in [1.165, 1.54) is 34.3 Å². The molecule has 4 rings (SSSR count). The van der Waals surface area contributed by atoms with E-state index in [2.05, 4.69) is 52.9 Å². The molecule has 3 aromatic rings. The van der Waals surface area contributed by atoms with Gasteiger partial charge in [0.05, 0.1) is 6.54 Å². The van der Waals surface area contributed by atoms with Crippen molar-refractivity contribution in [3.63, 3.8) is 0 Å². The van der Waals surface area contributed by atoms with Crippen LogP contribution in [0.25, 0.3) is 17.0 Å². The molecule has 1 aromatic heterocycles. The molecule has 0 atom stereocenters. The average Bonchev–Trinajstić information content (AvgIpc) is 2.90. The molecule has 0 aliphatic carbocycles. The summed E-state index contributed by atoms with van der Waals surface area (Å²) >= 11 is 0. The lowest BCUT2D eigenvalue weighted by Gasteiger charge is -2.25. The van der Waals surface area contributed by atoms with Crippen LogP contribution in [-0.4, -0.2) is 9.47 Å². The SMILES string of the molecule is Br.CCn1c2c(c3ccccc31)C=CN(Cc1ccc(F)cc1)C2. The normalized spacial score (nSPS) is 13.0. The van der Waals surface area contributed by atoms with Gasteiger partial charge in [-0.3, -0.25) is 0 Å². The molecule has 0 bridgehead atoms. The molecule has 24 heavy (non-hydrogen) atoms. The summed E-state index contributed by atoms with van der Waals surface area (Å²) in [5, 5.41) is 1.32. The molecular formula is C20H20BrFN2. The van der Waals surface area contributed by atoms with Gasteiger partial charge >= 0.3 is 0 Å². The van der Waals surface area contributed by atoms with Gasteiger partial charge in [-0.05, 0) is 36.8 Å². The van der Waals surface area contributed by atoms with Crippen molar-refractivity contribution in [1.82, 2.24) is 9.47 Å². The maximum Gasteiger partial charge on any atom is 0.123 e. The van der Waals surface area contributed by atoms with Crippen LogP contribution in [0, 0.1) is 5.82 Å². The van der Waals surface area contributed by atoms with Crippen molar-refractivity contribution in [2.45, 2.75) is 26.6 Å². The van der Waals surface area contributed by atoms with E-state index in [0.29, 0.717) is 0 Å². The van der Waals surface area contributed by atoms with Crippen molar-refractivity contribution in [3.05, 3.63) is 77.4 Å². The molecule has 1 aliphatic rings. The summed E-state index contributed by atoms with van der Waals surface area (Å²) in [5.41, 5.74) is 5.11. The van der Waals surface area contributed by atoms with Crippen molar-refractivity contribution in [3.8, 4) is 0 Å². The summed E-state index contributed by atoms with van der Waals surface area (Å²) in [5.74, 6) is -0.184. The molecule has 2 heterocycles. The lowest BCUT2D eigenvalue weighted by molar-refractivity contribution is 0.349. The van der Waals surface area contributed by atoms with Crippen LogP contribution in [0.2, 0.25) is 0 Å². The Kier molecular flexibility index (Phi) is 4.76. The monoisotopic (exact) mass is 386 g/mol. The van der Waals surface area contributed by atoms with Gasteiger partial charge < -0.3 is 9.47 Å². The molecule has 0 saturated heterocycles. The number of fused-ring (bicyclic) bond motifs is 3. The third-order valence-electron chi connectivity index (χ3n) is 4.54. The Morgan fingerprint density at radius 2 is 1.79 bits per heavy atom. The molecule has 124 valence electrons. The zero-order valence-corrected chi connectivity index (χ0v) is 15.3. The van der Waals surface area contributed by atoms with Crippen LogP contribution in [0.1, 0.15) is 23.7 Å². The third kappa shape index (κ3) is 2.86. The molecule has 0 amide bonds. The average molecular weight is 387 g/mol. The third-order valence-corrected chi connectivity index (χ3v) is 4.54. The fourth-order valence-electron chi connectivity index (χ4n) is 3.46. The minimum absolute atomic E-state index is 0. The summed E-state index contributed by atoms with van der Waals surface area (Å²) in [6.45, 7) is 4.83. The first-order chi connectivity index (χ1) is 11.3. The highest BCUT2D eigenvalue weighted by Crippen LogP contribution is 2.31. The van der Waals surface area contributed by atoms with E-state index in [1.54, 1.807) is 0 Å². The van der Waals surface area contributed by atoms with Crippen molar-refractivity contribution in [2.24, 2.45) is 0 Å². The van der Waals surface area contributed by atoms with Crippen molar-refractivity contribution < 1.29 is 4.39 Å². The number of aryl methyl sites for hydroxylation is 1. The summed E-state index contributed by atoms with van der Waals surface area (Å²) in [4.78, 5) is 2.28. The molecule has 0 fully saturated rings. The standard InChI is InChI=1S/C20H19FN2.BrH/c1-2-23-19-6-4-3-5-17(19)18-11-12-22(14-20(18)23)13-15-7-9-16(21)10-8-15;/h3-12H,2,13-14H2,1H3;1H. The predicted octanol–water partition coefficient (Wildman–Crippen LogP) is 5.36. The van der Waals surface area contributed by atoms with E-state index in [9.17, 15) is 4.39 Å². The second-order valence-electron chi connectivity index (χ2n) is 5.97. The Morgan fingerprint density at radius 3 is 2.54 bits per heavy atom. The van der Waals surface area contributed by atoms with E-state index in [-0.39, 0.29) is 22.8 Å². The van der Waals surface area contributed by atoms with Gasteiger partial charge in [-0.25, -0.2) is 4.39 Å². The minimum Gasteiger partial charge on any atom is -0.367 e. The number of rotatable bonds is 3. The highest BCUT2D eigenvalue weighted by atomic mass is 79.9. The van der Waals surface area contributed by atoms with Gasteiger partial charge in [0.25, 0.3) is 0 Å². The van der Waals surface area contributed by atoms with E-state index in [0.717, 1.165) is 25.2 Å². The minimum atomic E-state index is -0.184. The zero-order chi connectivity index (χ0) is 15.8. The van der Waals surface area contributed by atoms with E-state index >= 15 is 0 Å². The van der Waals surface area contributed by atoms with Gasteiger partial charge in [0.1, 0.15) is 5.82 Å². The predicted molar refractivity (Wildman–Crippen MR) is 103 cm³/mol. The Morgan fingerprint density at radius 1 is 1.04 bits per heavy atom. The van der Waals surface area contributed by atoms with Gasteiger partial charge in [-0.15, -0.1) is 17.0 Å². The molecule has 0 N–H and O–H groups in total. The van der Waals surface area contributed by atoms with Gasteiger partial charge in [0.2, 0.25) is 0 Å². The van der Waals surface area contributed by atoms with Gasteiger partial charge in [-0.1, -0.05) is 30.3 Å². The molecule has 0 saturated carbocycles. The van der Waals surface area contributed by atoms with Crippen LogP contribution in [0.5, 0.6) is 0 Å². The van der Waals surface area contributed by atoms with E-state index in [1.807, 2.05) is 12.1 Å². The van der Waals surface area contributed by atoms with Crippen LogP contribution in [0.3, 0.4) is 0 Å². The van der Waals surface area contributed by atoms with Crippen molar-refractivity contribution in [2.75, 3.05) is 0 Å². The Hall–Kier alpha value is -2.07. The van der Waals surface area contributed by atoms with Gasteiger partial charge in [-0.2, -0.15) is 0 Å². The molecule has 2 nitrogen and oxygen atoms in total. The lowest BCUT2D eigenvalue weighted by Crippen LogP contribution is -2.21. The first-order valence-electron chi connectivity index (χ1n) is 8.03. The Balaban J connectivity index is 0.00000169. The first kappa shape index (κ1) is 16.8. The highest BCUT2D eigenvalue weighted by Gasteiger charge is 2.19. The fraction of sp³-hybridized carbons (Fsp3) is 0.200. The van der Waals surface area contributed by atoms with Crippen LogP contribution in [0.15, 0.2) is 54.7 Å². The molecule has 2 aromatic carbocycles. The molecule has 0 spiro atoms. The van der Waals surface area contributed by atoms with Crippen LogP contribution in [-0.2, 0) is 19.6 Å². The van der Waals surface area contributed by atoms with E-state index in [4.69, 9.17) is 0 Å². The number of hydrogen-bond acceptors (Lipinski definition) is 1. The number of para-hydroxylation sites is 1. The van der Waals surface area contributed by atoms with Gasteiger partial charge in [0, 0.05) is 41.4 Å². The summed E-state index contributed by atoms with van der Waals surface area (Å²) in [6, 6.07) is 15.3. The summed E-state index contributed by atoms with van der Waals surface area (Å²) in [6.07, 6.45) is 4.36. The topological polar surface area (TPSA) is 8.17 Å². The number of halogens is 2. The maximum absolute atomic E-state index is 13.0. The Bertz CT molecular complexity index is 881. The molecule has 4 heteroatoms. The summed E-state index contributed by atoms with van der Waals surface area (Å²) in [7, 11) is 0. The zero-order valence-electron chi connectivity index (χ0n) is 13.6. The smallest absolute Gasteiger partial charge is 0.123 e. The molecular weight excluding hydrogens is 367 g/mol. The van der Waals surface area contributed by atoms with Crippen LogP contribution >= 0.6 is 17.0 Å². The van der Waals surface area contributed by atoms with Crippen LogP contribution in [0.4, 0.5) is 4.39 Å². The molecule has 0 unspecified atom stereocenters. The number of hydrogen-bond donors (Lipinski definition) is 0. The van der Waals surface area contributed by atoms with E-state index < -0.39 is 0 Å². The summed E-state index contributed by atoms with van der Waals surface area (Å²) < 4.78 is 15.4. The molecule has 1 aliphatic heterocycles. The Labute approximate surface area is 152 Å². The number of benzene rings is 2. The number of aromatic nitrogens is 1. The van der Waals surface area contributed by atoms with Crippen LogP contribution < -0.4 is 0 Å². The largest absolute Gasteiger partial charge is 0.367 e. The van der Waals surface area contributed by atoms with Gasteiger partial charge in [0.15, 0.2) is 0 Å². The second kappa shape index (κ2) is 6.81. The van der Waals surface area contributed by atoms with Crippen molar-refractivity contribution >= 4 is 34.0 Å². The first-order valence-corrected chi connectivity index (χ1v) is 8.03. The quantitative estimate of drug-likeness (QED) is 0.587. The number of nitrogens with zero attached hydrogens (tertiary/aromatic N) is 2. The maximum atomic E-state index is 13.0. The highest BCUT2D eigenvalue weighted by molar-refractivity contribution is 8.93. The lowest BCUT2D eigenvalue weighted by atomic mass is 10.1. The fourth-order valence-corrected chi connectivity index (χ4v) is 3.46. The van der Waals surface area contributed by atoms with Crippen molar-refractivity contribution in [1.29, 1.82) is 0 Å².